The Balaban J connectivity index is 1.67. The van der Waals surface area contributed by atoms with Gasteiger partial charge in [0.2, 0.25) is 0 Å². The third-order valence-corrected chi connectivity index (χ3v) is 6.94. The van der Waals surface area contributed by atoms with Gasteiger partial charge in [-0.05, 0) is 62.7 Å². The molecule has 0 aliphatic heterocycles. The molecule has 0 aromatic carbocycles. The Morgan fingerprint density at radius 2 is 1.14 bits per heavy atom. The van der Waals surface area contributed by atoms with Crippen LogP contribution >= 0.6 is 11.8 Å². The molecule has 0 radical (unpaired) electrons. The second kappa shape index (κ2) is 7.47. The molecule has 0 unspecified atom stereocenters. The maximum atomic E-state index is 6.46. The van der Waals surface area contributed by atoms with E-state index in [4.69, 9.17) is 4.74 Å². The van der Waals surface area contributed by atoms with Gasteiger partial charge in [0.25, 0.3) is 0 Å². The van der Waals surface area contributed by atoms with Crippen LogP contribution in [0.5, 0.6) is 0 Å². The fourth-order valence-electron chi connectivity index (χ4n) is 4.12. The van der Waals surface area contributed by atoms with E-state index in [1.165, 1.54) is 51.4 Å². The lowest BCUT2D eigenvalue weighted by atomic mass is 9.72. The molecular formula is C20H38OS. The highest BCUT2D eigenvalue weighted by atomic mass is 32.2. The van der Waals surface area contributed by atoms with Gasteiger partial charge in [-0.15, -0.1) is 0 Å². The zero-order valence-corrected chi connectivity index (χ0v) is 16.6. The van der Waals surface area contributed by atoms with Crippen molar-refractivity contribution in [2.24, 2.45) is 11.3 Å². The Kier molecular flexibility index (Phi) is 6.33. The Morgan fingerprint density at radius 1 is 0.682 bits per heavy atom. The first-order chi connectivity index (χ1) is 10.1. The summed E-state index contributed by atoms with van der Waals surface area (Å²) < 4.78 is 6.87. The standard InChI is InChI=1S/C20H38OS/c1-19(2,3)15-7-9-16(10-8-15)21-17-11-13-18(14-12-17)22-20(4,5)6/h15-18H,7-14H2,1-6H3. The molecule has 0 atom stereocenters. The summed E-state index contributed by atoms with van der Waals surface area (Å²) in [5.41, 5.74) is 0.479. The molecule has 0 N–H and O–H groups in total. The second-order valence-corrected chi connectivity index (χ2v) is 11.7. The molecule has 1 nitrogen and oxygen atoms in total. The molecular weight excluding hydrogens is 288 g/mol. The van der Waals surface area contributed by atoms with Gasteiger partial charge in [-0.1, -0.05) is 41.5 Å². The van der Waals surface area contributed by atoms with Crippen LogP contribution in [0.4, 0.5) is 0 Å². The highest BCUT2D eigenvalue weighted by Crippen LogP contribution is 2.41. The van der Waals surface area contributed by atoms with Crippen LogP contribution in [-0.4, -0.2) is 22.2 Å². The summed E-state index contributed by atoms with van der Waals surface area (Å²) in [5.74, 6) is 0.895. The van der Waals surface area contributed by atoms with E-state index in [1.807, 2.05) is 0 Å². The van der Waals surface area contributed by atoms with E-state index < -0.39 is 0 Å². The molecule has 2 fully saturated rings. The molecule has 2 heteroatoms. The fraction of sp³-hybridized carbons (Fsp3) is 1.00. The summed E-state index contributed by atoms with van der Waals surface area (Å²) in [6.45, 7) is 14.2. The van der Waals surface area contributed by atoms with Crippen molar-refractivity contribution in [1.82, 2.24) is 0 Å². The molecule has 0 aromatic rings. The maximum Gasteiger partial charge on any atom is 0.0579 e. The van der Waals surface area contributed by atoms with Gasteiger partial charge >= 0.3 is 0 Å². The van der Waals surface area contributed by atoms with E-state index in [-0.39, 0.29) is 0 Å². The van der Waals surface area contributed by atoms with Gasteiger partial charge in [-0.3, -0.25) is 0 Å². The largest absolute Gasteiger partial charge is 0.375 e. The van der Waals surface area contributed by atoms with E-state index in [9.17, 15) is 0 Å². The van der Waals surface area contributed by atoms with E-state index in [0.717, 1.165) is 11.2 Å². The zero-order valence-electron chi connectivity index (χ0n) is 15.8. The first-order valence-corrected chi connectivity index (χ1v) is 10.3. The van der Waals surface area contributed by atoms with Crippen molar-refractivity contribution < 1.29 is 4.74 Å². The number of rotatable bonds is 3. The molecule has 0 bridgehead atoms. The van der Waals surface area contributed by atoms with E-state index >= 15 is 0 Å². The van der Waals surface area contributed by atoms with Crippen LogP contribution in [0.3, 0.4) is 0 Å². The molecule has 22 heavy (non-hydrogen) atoms. The maximum absolute atomic E-state index is 6.46. The minimum atomic E-state index is 0.406. The minimum Gasteiger partial charge on any atom is -0.375 e. The molecule has 0 amide bonds. The van der Waals surface area contributed by atoms with Crippen molar-refractivity contribution in [2.45, 2.75) is 115 Å². The van der Waals surface area contributed by atoms with Gasteiger partial charge in [0, 0.05) is 10.00 Å². The lowest BCUT2D eigenvalue weighted by Gasteiger charge is -2.39. The van der Waals surface area contributed by atoms with Crippen LogP contribution in [0.1, 0.15) is 92.9 Å². The third-order valence-electron chi connectivity index (χ3n) is 5.43. The summed E-state index contributed by atoms with van der Waals surface area (Å²) in [4.78, 5) is 0. The summed E-state index contributed by atoms with van der Waals surface area (Å²) in [6.07, 6.45) is 11.7. The van der Waals surface area contributed by atoms with Crippen molar-refractivity contribution in [3.63, 3.8) is 0 Å². The van der Waals surface area contributed by atoms with Crippen LogP contribution < -0.4 is 0 Å². The van der Waals surface area contributed by atoms with Crippen LogP contribution in [-0.2, 0) is 4.74 Å². The normalized spacial score (nSPS) is 34.6. The lowest BCUT2D eigenvalue weighted by Crippen LogP contribution is -2.33. The first kappa shape index (κ1) is 18.6. The Bertz CT molecular complexity index is 323. The summed E-state index contributed by atoms with van der Waals surface area (Å²) >= 11 is 2.17. The van der Waals surface area contributed by atoms with E-state index in [0.29, 0.717) is 22.4 Å². The lowest BCUT2D eigenvalue weighted by molar-refractivity contribution is -0.0569. The molecule has 2 aliphatic rings. The number of hydrogen-bond acceptors (Lipinski definition) is 2. The first-order valence-electron chi connectivity index (χ1n) is 9.47. The monoisotopic (exact) mass is 326 g/mol. The van der Waals surface area contributed by atoms with Gasteiger partial charge in [0.1, 0.15) is 0 Å². The van der Waals surface area contributed by atoms with Gasteiger partial charge < -0.3 is 4.74 Å². The van der Waals surface area contributed by atoms with Gasteiger partial charge in [0.05, 0.1) is 12.2 Å². The summed E-state index contributed by atoms with van der Waals surface area (Å²) in [7, 11) is 0. The zero-order chi connectivity index (χ0) is 16.4. The molecule has 0 saturated heterocycles. The topological polar surface area (TPSA) is 9.23 Å². The van der Waals surface area contributed by atoms with Crippen molar-refractivity contribution in [3.8, 4) is 0 Å². The highest BCUT2D eigenvalue weighted by molar-refractivity contribution is 8.01. The van der Waals surface area contributed by atoms with Gasteiger partial charge in [0.15, 0.2) is 0 Å². The van der Waals surface area contributed by atoms with Crippen LogP contribution in [0, 0.1) is 11.3 Å². The van der Waals surface area contributed by atoms with Crippen molar-refractivity contribution in [1.29, 1.82) is 0 Å². The summed E-state index contributed by atoms with van der Waals surface area (Å²) in [6, 6.07) is 0. The molecule has 130 valence electrons. The Morgan fingerprint density at radius 3 is 1.55 bits per heavy atom. The third kappa shape index (κ3) is 6.07. The predicted octanol–water partition coefficient (Wildman–Crippen LogP) is 6.45. The van der Waals surface area contributed by atoms with Crippen LogP contribution in [0.15, 0.2) is 0 Å². The predicted molar refractivity (Wildman–Crippen MR) is 99.7 cm³/mol. The molecule has 0 aromatic heterocycles. The molecule has 2 saturated carbocycles. The van der Waals surface area contributed by atoms with Crippen LogP contribution in [0.25, 0.3) is 0 Å². The average molecular weight is 327 g/mol. The van der Waals surface area contributed by atoms with Gasteiger partial charge in [-0.25, -0.2) is 0 Å². The fourth-order valence-corrected chi connectivity index (χ4v) is 5.63. The van der Waals surface area contributed by atoms with Crippen molar-refractivity contribution in [3.05, 3.63) is 0 Å². The molecule has 0 spiro atoms. The van der Waals surface area contributed by atoms with E-state index in [1.54, 1.807) is 0 Å². The Labute approximate surface area is 143 Å². The second-order valence-electron chi connectivity index (χ2n) is 9.60. The van der Waals surface area contributed by atoms with Crippen molar-refractivity contribution in [2.75, 3.05) is 0 Å². The van der Waals surface area contributed by atoms with Crippen LogP contribution in [0.2, 0.25) is 0 Å². The highest BCUT2D eigenvalue weighted by Gasteiger charge is 2.32. The Hall–Kier alpha value is 0.310. The SMILES string of the molecule is CC(C)(C)SC1CCC(OC2CCC(C(C)(C)C)CC2)CC1. The van der Waals surface area contributed by atoms with E-state index in [2.05, 4.69) is 53.3 Å². The number of ether oxygens (including phenoxy) is 1. The average Bonchev–Trinajstić information content (AvgIpc) is 2.39. The number of hydrogen-bond donors (Lipinski definition) is 0. The molecule has 2 aliphatic carbocycles. The molecule has 0 heterocycles. The van der Waals surface area contributed by atoms with Gasteiger partial charge in [-0.2, -0.15) is 11.8 Å². The molecule has 2 rings (SSSR count). The summed E-state index contributed by atoms with van der Waals surface area (Å²) in [5, 5.41) is 0.858. The number of thioether (sulfide) groups is 1. The van der Waals surface area contributed by atoms with Crippen molar-refractivity contribution >= 4 is 11.8 Å². The minimum absolute atomic E-state index is 0.406. The quantitative estimate of drug-likeness (QED) is 0.589. The smallest absolute Gasteiger partial charge is 0.0579 e.